The summed E-state index contributed by atoms with van der Waals surface area (Å²) in [5.74, 6) is -0.577. The normalized spacial score (nSPS) is 21.6. The number of carbonyl (C=O) groups excluding carboxylic acids is 2. The zero-order valence-corrected chi connectivity index (χ0v) is 10.4. The minimum absolute atomic E-state index is 0.121. The third-order valence-corrected chi connectivity index (χ3v) is 3.37. The van der Waals surface area contributed by atoms with Gasteiger partial charge in [-0.2, -0.15) is 4.99 Å². The van der Waals surface area contributed by atoms with Gasteiger partial charge >= 0.3 is 6.03 Å². The van der Waals surface area contributed by atoms with Crippen LogP contribution in [0.5, 0.6) is 5.75 Å². The molecule has 1 aromatic carbocycles. The van der Waals surface area contributed by atoms with Crippen molar-refractivity contribution in [1.82, 2.24) is 4.90 Å². The maximum absolute atomic E-state index is 12.0. The van der Waals surface area contributed by atoms with E-state index in [2.05, 4.69) is 9.98 Å². The molecule has 96 valence electrons. The first kappa shape index (κ1) is 11.6. The molecule has 0 bridgehead atoms. The average Bonchev–Trinajstić information content (AvgIpc) is 2.39. The topological polar surface area (TPSA) is 82.3 Å². The summed E-state index contributed by atoms with van der Waals surface area (Å²) < 4.78 is 0. The van der Waals surface area contributed by atoms with Crippen LogP contribution in [-0.2, 0) is 4.79 Å². The van der Waals surface area contributed by atoms with Crippen molar-refractivity contribution in [3.8, 4) is 5.75 Å². The molecule has 0 aliphatic carbocycles. The number of imide groups is 1. The van der Waals surface area contributed by atoms with Gasteiger partial charge in [-0.1, -0.05) is 6.92 Å². The van der Waals surface area contributed by atoms with Crippen LogP contribution in [0.25, 0.3) is 0 Å². The minimum atomic E-state index is -0.589. The van der Waals surface area contributed by atoms with Gasteiger partial charge in [0.05, 0.1) is 11.4 Å². The lowest BCUT2D eigenvalue weighted by atomic mass is 9.88. The Kier molecular flexibility index (Phi) is 2.28. The molecule has 2 aliphatic rings. The molecule has 0 radical (unpaired) electrons. The Hall–Kier alpha value is -2.50. The zero-order chi connectivity index (χ0) is 13.7. The molecule has 0 saturated carbocycles. The van der Waals surface area contributed by atoms with Gasteiger partial charge in [0, 0.05) is 13.0 Å². The van der Waals surface area contributed by atoms with Gasteiger partial charge in [0.2, 0.25) is 0 Å². The summed E-state index contributed by atoms with van der Waals surface area (Å²) in [5, 5.41) is 9.52. The molecule has 1 atom stereocenters. The predicted octanol–water partition coefficient (Wildman–Crippen LogP) is 1.61. The van der Waals surface area contributed by atoms with Crippen molar-refractivity contribution < 1.29 is 14.7 Å². The van der Waals surface area contributed by atoms with Crippen molar-refractivity contribution in [1.29, 1.82) is 0 Å². The number of carbonyl (C=O) groups is 2. The van der Waals surface area contributed by atoms with Crippen molar-refractivity contribution in [3.63, 3.8) is 0 Å². The number of aromatic hydroxyl groups is 1. The van der Waals surface area contributed by atoms with E-state index in [1.54, 1.807) is 12.1 Å². The Morgan fingerprint density at radius 1 is 1.26 bits per heavy atom. The van der Waals surface area contributed by atoms with Crippen LogP contribution in [0.4, 0.5) is 10.5 Å². The number of nitrogens with zero attached hydrogens (tertiary/aromatic N) is 3. The fraction of sp³-hybridized carbons (Fsp3) is 0.231. The van der Waals surface area contributed by atoms with E-state index in [1.165, 1.54) is 13.1 Å². The summed E-state index contributed by atoms with van der Waals surface area (Å²) in [4.78, 5) is 32.8. The van der Waals surface area contributed by atoms with Gasteiger partial charge in [0.25, 0.3) is 5.91 Å². The van der Waals surface area contributed by atoms with Gasteiger partial charge in [-0.05, 0) is 23.8 Å². The van der Waals surface area contributed by atoms with Crippen LogP contribution >= 0.6 is 0 Å². The van der Waals surface area contributed by atoms with Crippen molar-refractivity contribution in [3.05, 3.63) is 23.8 Å². The number of phenolic OH excluding ortho intramolecular Hbond substituents is 1. The van der Waals surface area contributed by atoms with Gasteiger partial charge < -0.3 is 5.11 Å². The number of rotatable bonds is 0. The standard InChI is InChI=1S/C13H11N3O3/c1-6-8-5-7(17)3-4-9(8)14-11-10(6)15-13(19)16(2)12(11)18/h3-6,17H,1-2H3. The fourth-order valence-corrected chi connectivity index (χ4v) is 2.25. The van der Waals surface area contributed by atoms with Crippen molar-refractivity contribution in [2.75, 3.05) is 7.05 Å². The number of hydrogen-bond donors (Lipinski definition) is 1. The van der Waals surface area contributed by atoms with Crippen molar-refractivity contribution in [2.24, 2.45) is 9.98 Å². The molecule has 2 heterocycles. The monoisotopic (exact) mass is 257 g/mol. The summed E-state index contributed by atoms with van der Waals surface area (Å²) in [6.45, 7) is 1.83. The molecule has 1 N–H and O–H groups in total. The molecule has 19 heavy (non-hydrogen) atoms. The molecule has 0 saturated heterocycles. The predicted molar refractivity (Wildman–Crippen MR) is 69.2 cm³/mol. The Morgan fingerprint density at radius 3 is 2.74 bits per heavy atom. The fourth-order valence-electron chi connectivity index (χ4n) is 2.25. The van der Waals surface area contributed by atoms with Crippen molar-refractivity contribution in [2.45, 2.75) is 12.8 Å². The van der Waals surface area contributed by atoms with Crippen LogP contribution in [0, 0.1) is 0 Å². The van der Waals surface area contributed by atoms with E-state index in [9.17, 15) is 14.7 Å². The Labute approximate surface area is 109 Å². The van der Waals surface area contributed by atoms with E-state index in [4.69, 9.17) is 0 Å². The molecule has 6 heteroatoms. The summed E-state index contributed by atoms with van der Waals surface area (Å²) in [5.41, 5.74) is 1.95. The maximum Gasteiger partial charge on any atom is 0.350 e. The van der Waals surface area contributed by atoms with Gasteiger partial charge in [-0.15, -0.1) is 0 Å². The second-order valence-corrected chi connectivity index (χ2v) is 4.57. The molecule has 0 fully saturated rings. The molecule has 0 spiro atoms. The van der Waals surface area contributed by atoms with Gasteiger partial charge in [-0.3, -0.25) is 9.69 Å². The van der Waals surface area contributed by atoms with Crippen molar-refractivity contribution >= 4 is 29.0 Å². The van der Waals surface area contributed by atoms with Crippen LogP contribution in [0.1, 0.15) is 18.4 Å². The van der Waals surface area contributed by atoms with Crippen LogP contribution in [0.15, 0.2) is 28.2 Å². The molecule has 3 amide bonds. The number of hydrogen-bond acceptors (Lipinski definition) is 4. The largest absolute Gasteiger partial charge is 0.508 e. The molecule has 3 rings (SSSR count). The third kappa shape index (κ3) is 1.56. The van der Waals surface area contributed by atoms with Crippen LogP contribution in [-0.4, -0.2) is 40.4 Å². The molecular weight excluding hydrogens is 246 g/mol. The molecule has 6 nitrogen and oxygen atoms in total. The lowest BCUT2D eigenvalue weighted by Gasteiger charge is -2.28. The third-order valence-electron chi connectivity index (χ3n) is 3.37. The Bertz CT molecular complexity index is 676. The highest BCUT2D eigenvalue weighted by atomic mass is 16.3. The van der Waals surface area contributed by atoms with E-state index < -0.39 is 11.9 Å². The Morgan fingerprint density at radius 2 is 2.00 bits per heavy atom. The second kappa shape index (κ2) is 3.74. The first-order chi connectivity index (χ1) is 8.99. The maximum atomic E-state index is 12.0. The molecular formula is C13H11N3O3. The number of benzene rings is 1. The zero-order valence-electron chi connectivity index (χ0n) is 10.4. The van der Waals surface area contributed by atoms with E-state index in [0.29, 0.717) is 11.4 Å². The first-order valence-electron chi connectivity index (χ1n) is 5.81. The number of amides is 3. The second-order valence-electron chi connectivity index (χ2n) is 4.57. The lowest BCUT2D eigenvalue weighted by Crippen LogP contribution is -2.47. The first-order valence-corrected chi connectivity index (χ1v) is 5.81. The summed E-state index contributed by atoms with van der Waals surface area (Å²) in [7, 11) is 1.38. The van der Waals surface area contributed by atoms with Gasteiger partial charge in [0.1, 0.15) is 5.75 Å². The molecule has 0 aromatic heterocycles. The highest BCUT2D eigenvalue weighted by Crippen LogP contribution is 2.36. The van der Waals surface area contributed by atoms with Gasteiger partial charge in [0.15, 0.2) is 5.71 Å². The highest BCUT2D eigenvalue weighted by Gasteiger charge is 2.37. The van der Waals surface area contributed by atoms with E-state index >= 15 is 0 Å². The molecule has 2 aliphatic heterocycles. The van der Waals surface area contributed by atoms with Gasteiger partial charge in [-0.25, -0.2) is 9.79 Å². The Balaban J connectivity index is 2.24. The minimum Gasteiger partial charge on any atom is -0.508 e. The number of aliphatic imine (C=N–C) groups is 2. The summed E-state index contributed by atoms with van der Waals surface area (Å²) in [6, 6.07) is 4.15. The SMILES string of the molecule is CC1C2=NC(=O)N(C)C(=O)C2=Nc2ccc(O)cc21. The van der Waals surface area contributed by atoms with E-state index in [0.717, 1.165) is 10.5 Å². The van der Waals surface area contributed by atoms with Crippen LogP contribution in [0.3, 0.4) is 0 Å². The van der Waals surface area contributed by atoms with Crippen LogP contribution in [0.2, 0.25) is 0 Å². The van der Waals surface area contributed by atoms with E-state index in [1.807, 2.05) is 6.92 Å². The summed E-state index contributed by atoms with van der Waals surface area (Å²) in [6.07, 6.45) is 0. The average molecular weight is 257 g/mol. The smallest absolute Gasteiger partial charge is 0.350 e. The summed E-state index contributed by atoms with van der Waals surface area (Å²) >= 11 is 0. The molecule has 1 unspecified atom stereocenters. The van der Waals surface area contributed by atoms with E-state index in [-0.39, 0.29) is 17.4 Å². The number of phenols is 1. The quantitative estimate of drug-likeness (QED) is 0.766. The highest BCUT2D eigenvalue weighted by molar-refractivity contribution is 6.71. The number of fused-ring (bicyclic) bond motifs is 2. The molecule has 1 aromatic rings. The number of urea groups is 1. The lowest BCUT2D eigenvalue weighted by molar-refractivity contribution is -0.120. The van der Waals surface area contributed by atoms with Crippen LogP contribution < -0.4 is 0 Å².